The van der Waals surface area contributed by atoms with Crippen molar-refractivity contribution in [2.24, 2.45) is 0 Å². The van der Waals surface area contributed by atoms with Gasteiger partial charge in [-0.25, -0.2) is 0 Å². The number of Topliss-reactive ketones (excluding diaryl/α,β-unsaturated/α-hetero) is 1. The predicted octanol–water partition coefficient (Wildman–Crippen LogP) is 2.64. The molecule has 2 aromatic rings. The molecule has 0 radical (unpaired) electrons. The lowest BCUT2D eigenvalue weighted by Gasteiger charge is -2.16. The molecule has 4 nitrogen and oxygen atoms in total. The monoisotopic (exact) mass is 312 g/mol. The van der Waals surface area contributed by atoms with E-state index in [9.17, 15) is 14.7 Å². The third-order valence-electron chi connectivity index (χ3n) is 3.87. The molecule has 1 unspecified atom stereocenters. The zero-order valence-electron chi connectivity index (χ0n) is 13.0. The lowest BCUT2D eigenvalue weighted by atomic mass is 9.87. The van der Waals surface area contributed by atoms with E-state index >= 15 is 0 Å². The molecule has 0 aliphatic heterocycles. The van der Waals surface area contributed by atoms with Crippen LogP contribution in [0.5, 0.6) is 0 Å². The molecule has 0 spiro atoms. The summed E-state index contributed by atoms with van der Waals surface area (Å²) >= 11 is 0. The number of carbonyl (C=O) groups excluding carboxylic acids is 2. The summed E-state index contributed by atoms with van der Waals surface area (Å²) < 4.78 is 0. The van der Waals surface area contributed by atoms with Crippen LogP contribution in [0.25, 0.3) is 0 Å². The zero-order valence-corrected chi connectivity index (χ0v) is 13.0. The normalized spacial score (nSPS) is 13.3. The number of aliphatic hydroxyl groups is 2. The average molecular weight is 312 g/mol. The first-order valence-corrected chi connectivity index (χ1v) is 7.51. The largest absolute Gasteiger partial charge is 0.396 e. The summed E-state index contributed by atoms with van der Waals surface area (Å²) in [7, 11) is 0. The Morgan fingerprint density at radius 1 is 1.00 bits per heavy atom. The van der Waals surface area contributed by atoms with Gasteiger partial charge in [-0.15, -0.1) is 0 Å². The van der Waals surface area contributed by atoms with E-state index in [4.69, 9.17) is 5.11 Å². The van der Waals surface area contributed by atoms with Crippen molar-refractivity contribution in [1.29, 1.82) is 0 Å². The first kappa shape index (κ1) is 17.1. The van der Waals surface area contributed by atoms with E-state index in [2.05, 4.69) is 0 Å². The second-order valence-electron chi connectivity index (χ2n) is 5.52. The Morgan fingerprint density at radius 2 is 1.48 bits per heavy atom. The number of carbonyl (C=O) groups is 2. The highest BCUT2D eigenvalue weighted by molar-refractivity contribution is 5.87. The minimum Gasteiger partial charge on any atom is -0.396 e. The molecule has 2 rings (SSSR count). The predicted molar refractivity (Wildman–Crippen MR) is 87.5 cm³/mol. The van der Waals surface area contributed by atoms with Gasteiger partial charge in [0.1, 0.15) is 12.1 Å². The molecule has 0 amide bonds. The quantitative estimate of drug-likeness (QED) is 0.771. The number of hydrogen-bond acceptors (Lipinski definition) is 4. The van der Waals surface area contributed by atoms with E-state index in [1.807, 2.05) is 12.1 Å². The van der Waals surface area contributed by atoms with Crippen LogP contribution in [0.1, 0.15) is 52.4 Å². The minimum atomic E-state index is -0.711. The van der Waals surface area contributed by atoms with E-state index in [0.717, 1.165) is 17.4 Å². The number of aldehydes is 1. The number of benzene rings is 2. The van der Waals surface area contributed by atoms with Crippen LogP contribution in [0, 0.1) is 0 Å². The lowest BCUT2D eigenvalue weighted by molar-refractivity contribution is -0.117. The van der Waals surface area contributed by atoms with Gasteiger partial charge >= 0.3 is 0 Å². The molecule has 120 valence electrons. The van der Waals surface area contributed by atoms with Gasteiger partial charge in [0.15, 0.2) is 0 Å². The summed E-state index contributed by atoms with van der Waals surface area (Å²) in [5, 5.41) is 18.7. The highest BCUT2D eigenvalue weighted by Crippen LogP contribution is 2.27. The molecule has 0 fully saturated rings. The average Bonchev–Trinajstić information content (AvgIpc) is 2.56. The number of rotatable bonds is 7. The minimum absolute atomic E-state index is 0.00695. The van der Waals surface area contributed by atoms with Crippen LogP contribution in [0.15, 0.2) is 48.5 Å². The maximum Gasteiger partial charge on any atom is 0.150 e. The summed E-state index contributed by atoms with van der Waals surface area (Å²) in [4.78, 5) is 22.8. The molecule has 0 bridgehead atoms. The molecule has 0 aromatic heterocycles. The maximum atomic E-state index is 12.1. The van der Waals surface area contributed by atoms with E-state index in [1.54, 1.807) is 36.4 Å². The summed E-state index contributed by atoms with van der Waals surface area (Å²) in [6.45, 7) is 1.45. The lowest BCUT2D eigenvalue weighted by Crippen LogP contribution is -2.11. The molecule has 2 N–H and O–H groups in total. The summed E-state index contributed by atoms with van der Waals surface area (Å²) in [6.07, 6.45) is 0.337. The third-order valence-corrected chi connectivity index (χ3v) is 3.87. The maximum absolute atomic E-state index is 12.1. The van der Waals surface area contributed by atoms with Crippen molar-refractivity contribution in [3.8, 4) is 0 Å². The van der Waals surface area contributed by atoms with Crippen molar-refractivity contribution >= 4 is 12.1 Å². The Hall–Kier alpha value is -2.30. The Kier molecular flexibility index (Phi) is 5.79. The molecule has 0 heterocycles. The Morgan fingerprint density at radius 3 is 1.91 bits per heavy atom. The summed E-state index contributed by atoms with van der Waals surface area (Å²) in [5.41, 5.74) is 2.93. The van der Waals surface area contributed by atoms with Crippen LogP contribution in [0.4, 0.5) is 0 Å². The topological polar surface area (TPSA) is 74.6 Å². The molecule has 2 aromatic carbocycles. The fourth-order valence-electron chi connectivity index (χ4n) is 2.63. The van der Waals surface area contributed by atoms with Gasteiger partial charge in [0, 0.05) is 18.6 Å². The van der Waals surface area contributed by atoms with Gasteiger partial charge in [-0.2, -0.15) is 0 Å². The van der Waals surface area contributed by atoms with Gasteiger partial charge in [0.2, 0.25) is 0 Å². The highest BCUT2D eigenvalue weighted by Gasteiger charge is 2.19. The first-order valence-electron chi connectivity index (χ1n) is 7.51. The van der Waals surface area contributed by atoms with Crippen molar-refractivity contribution in [2.45, 2.75) is 25.4 Å². The van der Waals surface area contributed by atoms with Gasteiger partial charge < -0.3 is 10.2 Å². The highest BCUT2D eigenvalue weighted by atomic mass is 16.3. The van der Waals surface area contributed by atoms with Crippen LogP contribution in [0.2, 0.25) is 0 Å². The third kappa shape index (κ3) is 4.12. The van der Waals surface area contributed by atoms with Crippen molar-refractivity contribution < 1.29 is 19.8 Å². The Balaban J connectivity index is 2.30. The van der Waals surface area contributed by atoms with Gasteiger partial charge in [-0.05, 0) is 23.6 Å². The number of ketones is 1. The summed E-state index contributed by atoms with van der Waals surface area (Å²) in [5.74, 6) is -0.396. The molecule has 23 heavy (non-hydrogen) atoms. The van der Waals surface area contributed by atoms with Crippen LogP contribution >= 0.6 is 0 Å². The second kappa shape index (κ2) is 7.81. The molecular formula is C19H20O4. The Labute approximate surface area is 135 Å². The molecule has 4 heteroatoms. The van der Waals surface area contributed by atoms with Gasteiger partial charge in [0.25, 0.3) is 0 Å². The first-order chi connectivity index (χ1) is 11.1. The van der Waals surface area contributed by atoms with Crippen LogP contribution in [-0.4, -0.2) is 28.9 Å². The molecule has 0 aliphatic rings. The zero-order chi connectivity index (χ0) is 16.8. The second-order valence-corrected chi connectivity index (χ2v) is 5.52. The number of aliphatic hydroxyl groups excluding tert-OH is 2. The van der Waals surface area contributed by atoms with Crippen molar-refractivity contribution in [3.05, 3.63) is 70.8 Å². The van der Waals surface area contributed by atoms with E-state index in [0.29, 0.717) is 11.1 Å². The van der Waals surface area contributed by atoms with Crippen molar-refractivity contribution in [2.75, 3.05) is 6.61 Å². The Bertz CT molecular complexity index is 659. The molecule has 0 saturated heterocycles. The molecule has 0 aliphatic carbocycles. The van der Waals surface area contributed by atoms with E-state index in [-0.39, 0.29) is 18.8 Å². The van der Waals surface area contributed by atoms with Crippen molar-refractivity contribution in [3.63, 3.8) is 0 Å². The molecular weight excluding hydrogens is 292 g/mol. The van der Waals surface area contributed by atoms with E-state index in [1.165, 1.54) is 6.92 Å². The SMILES string of the molecule is CC(=O)C(c1ccc(C=O)cc1)c1ccc([C@@H](O)CCO)cc1. The van der Waals surface area contributed by atoms with Crippen molar-refractivity contribution in [1.82, 2.24) is 0 Å². The smallest absolute Gasteiger partial charge is 0.150 e. The summed E-state index contributed by atoms with van der Waals surface area (Å²) in [6, 6.07) is 14.1. The van der Waals surface area contributed by atoms with Crippen LogP contribution in [0.3, 0.4) is 0 Å². The van der Waals surface area contributed by atoms with E-state index < -0.39 is 12.0 Å². The van der Waals surface area contributed by atoms with Gasteiger partial charge in [0.05, 0.1) is 12.0 Å². The molecule has 0 saturated carbocycles. The van der Waals surface area contributed by atoms with Gasteiger partial charge in [-0.1, -0.05) is 48.5 Å². The fourth-order valence-corrected chi connectivity index (χ4v) is 2.63. The fraction of sp³-hybridized carbons (Fsp3) is 0.263. The number of hydrogen-bond donors (Lipinski definition) is 2. The van der Waals surface area contributed by atoms with Crippen LogP contribution in [-0.2, 0) is 4.79 Å². The van der Waals surface area contributed by atoms with Gasteiger partial charge in [-0.3, -0.25) is 9.59 Å². The standard InChI is InChI=1S/C19H20O4/c1-13(22)19(16-4-2-14(12-21)3-5-16)17-8-6-15(7-9-17)18(23)10-11-20/h2-9,12,18-20,23H,10-11H2,1H3/t18-,19?/m0/s1. The van der Waals surface area contributed by atoms with Crippen LogP contribution < -0.4 is 0 Å². The molecule has 2 atom stereocenters.